The second-order valence-electron chi connectivity index (χ2n) is 3.53. The van der Waals surface area contributed by atoms with Crippen molar-refractivity contribution in [1.29, 1.82) is 0 Å². The fourth-order valence-corrected chi connectivity index (χ4v) is 0.936. The van der Waals surface area contributed by atoms with Gasteiger partial charge in [0.15, 0.2) is 5.82 Å². The largest absolute Gasteiger partial charge is 0.384 e. The zero-order valence-electron chi connectivity index (χ0n) is 8.91. The van der Waals surface area contributed by atoms with Gasteiger partial charge in [0, 0.05) is 7.11 Å². The average Bonchev–Trinajstić information content (AvgIpc) is 2.63. The Morgan fingerprint density at radius 1 is 1.57 bits per heavy atom. The van der Waals surface area contributed by atoms with Crippen molar-refractivity contribution >= 4 is 0 Å². The predicted octanol–water partition coefficient (Wildman–Crippen LogP) is 0.842. The zero-order chi connectivity index (χ0) is 10.6. The molecule has 0 radical (unpaired) electrons. The van der Waals surface area contributed by atoms with Crippen molar-refractivity contribution in [3.63, 3.8) is 0 Å². The number of ether oxygens (including phenoxy) is 1. The van der Waals surface area contributed by atoms with Gasteiger partial charge in [-0.05, 0) is 13.3 Å². The summed E-state index contributed by atoms with van der Waals surface area (Å²) in [6, 6.07) is 0. The van der Waals surface area contributed by atoms with Gasteiger partial charge in [-0.3, -0.25) is 0 Å². The Kier molecular flexibility index (Phi) is 3.60. The van der Waals surface area contributed by atoms with Crippen LogP contribution in [0.15, 0.2) is 4.52 Å². The Bertz CT molecular complexity index is 283. The Morgan fingerprint density at radius 3 is 2.86 bits per heavy atom. The van der Waals surface area contributed by atoms with Crippen molar-refractivity contribution in [2.45, 2.75) is 32.2 Å². The monoisotopic (exact) mass is 199 g/mol. The van der Waals surface area contributed by atoms with Crippen molar-refractivity contribution in [2.24, 2.45) is 5.73 Å². The quantitative estimate of drug-likeness (QED) is 0.760. The van der Waals surface area contributed by atoms with Gasteiger partial charge in [0.1, 0.15) is 0 Å². The fourth-order valence-electron chi connectivity index (χ4n) is 0.936. The third kappa shape index (κ3) is 2.52. The third-order valence-electron chi connectivity index (χ3n) is 2.23. The second-order valence-corrected chi connectivity index (χ2v) is 3.53. The van der Waals surface area contributed by atoms with Crippen LogP contribution in [-0.2, 0) is 16.7 Å². The topological polar surface area (TPSA) is 74.2 Å². The van der Waals surface area contributed by atoms with Gasteiger partial charge < -0.3 is 15.0 Å². The van der Waals surface area contributed by atoms with Crippen LogP contribution in [0.5, 0.6) is 0 Å². The molecular formula is C9H17N3O2. The Labute approximate surface area is 83.6 Å². The molecule has 1 heterocycles. The molecule has 0 bridgehead atoms. The van der Waals surface area contributed by atoms with Crippen molar-refractivity contribution in [2.75, 3.05) is 13.7 Å². The first kappa shape index (κ1) is 11.1. The molecule has 0 amide bonds. The van der Waals surface area contributed by atoms with E-state index in [0.29, 0.717) is 24.7 Å². The van der Waals surface area contributed by atoms with Crippen LogP contribution < -0.4 is 5.73 Å². The molecule has 0 aliphatic heterocycles. The fraction of sp³-hybridized carbons (Fsp3) is 0.778. The summed E-state index contributed by atoms with van der Waals surface area (Å²) in [6.45, 7) is 4.46. The maximum absolute atomic E-state index is 5.96. The van der Waals surface area contributed by atoms with Crippen LogP contribution in [0.1, 0.15) is 32.0 Å². The number of methoxy groups -OCH3 is 1. The standard InChI is InChI=1S/C9H17N3O2/c1-4-9(2,10)8-11-7(14-12-8)5-6-13-3/h4-6,10H2,1-3H3. The smallest absolute Gasteiger partial charge is 0.229 e. The van der Waals surface area contributed by atoms with Gasteiger partial charge in [-0.1, -0.05) is 12.1 Å². The lowest BCUT2D eigenvalue weighted by atomic mass is 10.0. The Balaban J connectivity index is 2.67. The molecular weight excluding hydrogens is 182 g/mol. The summed E-state index contributed by atoms with van der Waals surface area (Å²) in [4.78, 5) is 4.21. The molecule has 0 saturated heterocycles. The zero-order valence-corrected chi connectivity index (χ0v) is 8.91. The lowest BCUT2D eigenvalue weighted by Crippen LogP contribution is -2.33. The van der Waals surface area contributed by atoms with Crippen LogP contribution in [0, 0.1) is 0 Å². The summed E-state index contributed by atoms with van der Waals surface area (Å²) >= 11 is 0. The van der Waals surface area contributed by atoms with Crippen LogP contribution in [0.2, 0.25) is 0 Å². The average molecular weight is 199 g/mol. The molecule has 14 heavy (non-hydrogen) atoms. The van der Waals surface area contributed by atoms with Crippen molar-refractivity contribution in [1.82, 2.24) is 10.1 Å². The Hall–Kier alpha value is -0.940. The molecule has 1 atom stereocenters. The summed E-state index contributed by atoms with van der Waals surface area (Å²) in [7, 11) is 1.64. The first-order valence-corrected chi connectivity index (χ1v) is 4.71. The maximum Gasteiger partial charge on any atom is 0.229 e. The van der Waals surface area contributed by atoms with Crippen molar-refractivity contribution in [3.05, 3.63) is 11.7 Å². The minimum atomic E-state index is -0.505. The highest BCUT2D eigenvalue weighted by Crippen LogP contribution is 2.17. The molecule has 0 aliphatic carbocycles. The normalized spacial score (nSPS) is 15.4. The van der Waals surface area contributed by atoms with E-state index in [-0.39, 0.29) is 0 Å². The lowest BCUT2D eigenvalue weighted by molar-refractivity contribution is 0.192. The second kappa shape index (κ2) is 4.52. The SMILES string of the molecule is CCC(C)(N)c1noc(CCOC)n1. The van der Waals surface area contributed by atoms with Crippen LogP contribution in [0.4, 0.5) is 0 Å². The molecule has 0 aliphatic rings. The predicted molar refractivity (Wildman–Crippen MR) is 51.7 cm³/mol. The molecule has 2 N–H and O–H groups in total. The van der Waals surface area contributed by atoms with Crippen molar-refractivity contribution in [3.8, 4) is 0 Å². The van der Waals surface area contributed by atoms with Crippen LogP contribution >= 0.6 is 0 Å². The number of rotatable bonds is 5. The van der Waals surface area contributed by atoms with Gasteiger partial charge in [0.2, 0.25) is 5.89 Å². The third-order valence-corrected chi connectivity index (χ3v) is 2.23. The van der Waals surface area contributed by atoms with E-state index in [2.05, 4.69) is 10.1 Å². The van der Waals surface area contributed by atoms with Crippen molar-refractivity contribution < 1.29 is 9.26 Å². The van der Waals surface area contributed by atoms with E-state index in [0.717, 1.165) is 6.42 Å². The highest BCUT2D eigenvalue weighted by molar-refractivity contribution is 5.00. The summed E-state index contributed by atoms with van der Waals surface area (Å²) < 4.78 is 9.94. The molecule has 0 fully saturated rings. The minimum absolute atomic E-state index is 0.505. The van der Waals surface area contributed by atoms with E-state index in [1.165, 1.54) is 0 Å². The van der Waals surface area contributed by atoms with Gasteiger partial charge in [0.25, 0.3) is 0 Å². The van der Waals surface area contributed by atoms with Gasteiger partial charge in [-0.2, -0.15) is 4.98 Å². The van der Waals surface area contributed by atoms with Gasteiger partial charge >= 0.3 is 0 Å². The van der Waals surface area contributed by atoms with Crippen LogP contribution in [-0.4, -0.2) is 23.9 Å². The highest BCUT2D eigenvalue weighted by atomic mass is 16.5. The molecule has 5 nitrogen and oxygen atoms in total. The van der Waals surface area contributed by atoms with E-state index in [9.17, 15) is 0 Å². The minimum Gasteiger partial charge on any atom is -0.384 e. The summed E-state index contributed by atoms with van der Waals surface area (Å²) in [5.74, 6) is 1.14. The molecule has 80 valence electrons. The van der Waals surface area contributed by atoms with Crippen LogP contribution in [0.25, 0.3) is 0 Å². The first-order valence-electron chi connectivity index (χ1n) is 4.71. The number of hydrogen-bond donors (Lipinski definition) is 1. The van der Waals surface area contributed by atoms with Gasteiger partial charge in [0.05, 0.1) is 18.6 Å². The Morgan fingerprint density at radius 2 is 2.29 bits per heavy atom. The highest BCUT2D eigenvalue weighted by Gasteiger charge is 2.24. The van der Waals surface area contributed by atoms with Gasteiger partial charge in [-0.25, -0.2) is 0 Å². The molecule has 1 rings (SSSR count). The van der Waals surface area contributed by atoms with E-state index in [1.807, 2.05) is 13.8 Å². The lowest BCUT2D eigenvalue weighted by Gasteiger charge is -2.16. The van der Waals surface area contributed by atoms with Crippen LogP contribution in [0.3, 0.4) is 0 Å². The number of hydrogen-bond acceptors (Lipinski definition) is 5. The molecule has 1 aromatic rings. The van der Waals surface area contributed by atoms with E-state index >= 15 is 0 Å². The van der Waals surface area contributed by atoms with Gasteiger partial charge in [-0.15, -0.1) is 0 Å². The molecule has 0 saturated carbocycles. The summed E-state index contributed by atoms with van der Waals surface area (Å²) in [6.07, 6.45) is 1.40. The molecule has 1 aromatic heterocycles. The number of nitrogens with two attached hydrogens (primary N) is 1. The molecule has 0 aromatic carbocycles. The molecule has 0 spiro atoms. The maximum atomic E-state index is 5.96. The number of aromatic nitrogens is 2. The van der Waals surface area contributed by atoms with E-state index in [1.54, 1.807) is 7.11 Å². The number of nitrogens with zero attached hydrogens (tertiary/aromatic N) is 2. The molecule has 5 heteroatoms. The summed E-state index contributed by atoms with van der Waals surface area (Å²) in [5.41, 5.74) is 5.46. The van der Waals surface area contributed by atoms with E-state index < -0.39 is 5.54 Å². The summed E-state index contributed by atoms with van der Waals surface area (Å²) in [5, 5.41) is 3.84. The molecule has 1 unspecified atom stereocenters. The first-order chi connectivity index (χ1) is 6.60. The van der Waals surface area contributed by atoms with E-state index in [4.69, 9.17) is 15.0 Å².